The Morgan fingerprint density at radius 2 is 1.83 bits per heavy atom. The molecule has 9 nitrogen and oxygen atoms in total. The quantitative estimate of drug-likeness (QED) is 0.358. The Balaban J connectivity index is 1.42. The van der Waals surface area contributed by atoms with E-state index < -0.39 is 10.0 Å². The number of hydrogen-bond donors (Lipinski definition) is 0. The molecule has 1 aliphatic rings. The van der Waals surface area contributed by atoms with E-state index in [9.17, 15) is 13.7 Å². The highest BCUT2D eigenvalue weighted by Gasteiger charge is 2.36. The standard InChI is InChI=1S/C25H21N7O2S2/c1-17-16-30(12-13-31(17)36(33,34)22-11-5-2-7-18(22)15-26)25-27-20-9-4-3-8-19(20)23-28-29-24(32(23)25)21-10-6-14-35-21/h2-11,14,17H,12-13,16H2,1H3. The first-order valence-electron chi connectivity index (χ1n) is 11.4. The summed E-state index contributed by atoms with van der Waals surface area (Å²) in [6.45, 7) is 3.00. The minimum atomic E-state index is -3.84. The van der Waals surface area contributed by atoms with E-state index in [0.29, 0.717) is 30.5 Å². The molecule has 1 unspecified atom stereocenters. The average molecular weight is 516 g/mol. The van der Waals surface area contributed by atoms with Gasteiger partial charge >= 0.3 is 0 Å². The molecule has 4 heterocycles. The molecule has 0 amide bonds. The van der Waals surface area contributed by atoms with Crippen molar-refractivity contribution in [2.45, 2.75) is 17.9 Å². The zero-order valence-electron chi connectivity index (χ0n) is 19.3. The molecule has 1 atom stereocenters. The SMILES string of the molecule is CC1CN(c2nc3ccccc3c3nnc(-c4cccs4)n23)CCN1S(=O)(=O)c1ccccc1C#N. The lowest BCUT2D eigenvalue weighted by Gasteiger charge is -2.39. The van der Waals surface area contributed by atoms with Crippen LogP contribution in [0.1, 0.15) is 12.5 Å². The lowest BCUT2D eigenvalue weighted by Crippen LogP contribution is -2.54. The molecule has 11 heteroatoms. The number of rotatable bonds is 4. The predicted molar refractivity (Wildman–Crippen MR) is 138 cm³/mol. The summed E-state index contributed by atoms with van der Waals surface area (Å²) in [5.74, 6) is 1.39. The monoisotopic (exact) mass is 515 g/mol. The molecule has 0 radical (unpaired) electrons. The van der Waals surface area contributed by atoms with E-state index in [2.05, 4.69) is 15.1 Å². The van der Waals surface area contributed by atoms with E-state index in [1.807, 2.05) is 59.2 Å². The van der Waals surface area contributed by atoms with Crippen molar-refractivity contribution >= 4 is 43.9 Å². The Hall–Kier alpha value is -3.85. The Morgan fingerprint density at radius 3 is 2.61 bits per heavy atom. The molecular weight excluding hydrogens is 494 g/mol. The van der Waals surface area contributed by atoms with Gasteiger partial charge in [0.05, 0.1) is 20.9 Å². The highest BCUT2D eigenvalue weighted by atomic mass is 32.2. The van der Waals surface area contributed by atoms with E-state index in [-0.39, 0.29) is 23.0 Å². The van der Waals surface area contributed by atoms with Gasteiger partial charge in [0.25, 0.3) is 0 Å². The van der Waals surface area contributed by atoms with Crippen LogP contribution in [0.4, 0.5) is 5.95 Å². The summed E-state index contributed by atoms with van der Waals surface area (Å²) in [6, 6.07) is 19.8. The topological polar surface area (TPSA) is 107 Å². The lowest BCUT2D eigenvalue weighted by atomic mass is 10.2. The second-order valence-corrected chi connectivity index (χ2v) is 11.4. The van der Waals surface area contributed by atoms with Crippen LogP contribution in [-0.4, -0.2) is 58.0 Å². The summed E-state index contributed by atoms with van der Waals surface area (Å²) in [5, 5.41) is 21.3. The van der Waals surface area contributed by atoms with Gasteiger partial charge in [-0.25, -0.2) is 17.8 Å². The van der Waals surface area contributed by atoms with E-state index >= 15 is 0 Å². The number of hydrogen-bond acceptors (Lipinski definition) is 8. The van der Waals surface area contributed by atoms with Crippen LogP contribution < -0.4 is 4.90 Å². The molecule has 36 heavy (non-hydrogen) atoms. The number of aromatic nitrogens is 4. The number of piperazine rings is 1. The molecule has 1 aliphatic heterocycles. The van der Waals surface area contributed by atoms with Crippen LogP contribution in [0.3, 0.4) is 0 Å². The van der Waals surface area contributed by atoms with E-state index in [4.69, 9.17) is 4.98 Å². The van der Waals surface area contributed by atoms with Crippen molar-refractivity contribution in [2.24, 2.45) is 0 Å². The number of nitriles is 1. The minimum absolute atomic E-state index is 0.0396. The van der Waals surface area contributed by atoms with Crippen molar-refractivity contribution in [1.82, 2.24) is 23.9 Å². The van der Waals surface area contributed by atoms with Gasteiger partial charge in [0.15, 0.2) is 11.5 Å². The van der Waals surface area contributed by atoms with Crippen LogP contribution in [0.5, 0.6) is 0 Å². The molecule has 0 N–H and O–H groups in total. The summed E-state index contributed by atoms with van der Waals surface area (Å²) in [4.78, 5) is 8.08. The van der Waals surface area contributed by atoms with E-state index in [0.717, 1.165) is 15.8 Å². The van der Waals surface area contributed by atoms with E-state index in [1.54, 1.807) is 23.5 Å². The number of sulfonamides is 1. The lowest BCUT2D eigenvalue weighted by molar-refractivity contribution is 0.304. The van der Waals surface area contributed by atoms with Gasteiger partial charge in [-0.1, -0.05) is 30.3 Å². The smallest absolute Gasteiger partial charge is 0.244 e. The fraction of sp³-hybridized carbons (Fsp3) is 0.200. The second-order valence-electron chi connectivity index (χ2n) is 8.61. The van der Waals surface area contributed by atoms with Crippen molar-refractivity contribution in [3.8, 4) is 16.8 Å². The summed E-state index contributed by atoms with van der Waals surface area (Å²) in [7, 11) is -3.84. The van der Waals surface area contributed by atoms with Crippen LogP contribution in [0, 0.1) is 11.3 Å². The largest absolute Gasteiger partial charge is 0.339 e. The van der Waals surface area contributed by atoms with Gasteiger partial charge in [-0.3, -0.25) is 0 Å². The maximum atomic E-state index is 13.5. The van der Waals surface area contributed by atoms with Crippen LogP contribution in [-0.2, 0) is 10.0 Å². The third kappa shape index (κ3) is 3.53. The Labute approximate surface area is 211 Å². The third-order valence-electron chi connectivity index (χ3n) is 6.41. The van der Waals surface area contributed by atoms with Crippen LogP contribution >= 0.6 is 11.3 Å². The number of fused-ring (bicyclic) bond motifs is 3. The Kier molecular flexibility index (Phi) is 5.44. The van der Waals surface area contributed by atoms with Gasteiger partial charge in [0, 0.05) is 31.1 Å². The normalized spacial score (nSPS) is 17.0. The van der Waals surface area contributed by atoms with Crippen molar-refractivity contribution in [1.29, 1.82) is 5.26 Å². The van der Waals surface area contributed by atoms with Crippen molar-refractivity contribution in [2.75, 3.05) is 24.5 Å². The van der Waals surface area contributed by atoms with Gasteiger partial charge in [-0.15, -0.1) is 21.5 Å². The predicted octanol–water partition coefficient (Wildman–Crippen LogP) is 3.78. The maximum absolute atomic E-state index is 13.5. The first-order chi connectivity index (χ1) is 17.5. The molecule has 2 aromatic carbocycles. The number of benzene rings is 2. The molecule has 1 saturated heterocycles. The zero-order valence-corrected chi connectivity index (χ0v) is 20.9. The molecule has 180 valence electrons. The maximum Gasteiger partial charge on any atom is 0.244 e. The molecule has 3 aromatic heterocycles. The van der Waals surface area contributed by atoms with Gasteiger partial charge in [0.1, 0.15) is 6.07 Å². The molecule has 1 fully saturated rings. The Morgan fingerprint density at radius 1 is 1.03 bits per heavy atom. The molecule has 6 rings (SSSR count). The Bertz CT molecular complexity index is 1740. The van der Waals surface area contributed by atoms with Gasteiger partial charge in [-0.05, 0) is 42.6 Å². The minimum Gasteiger partial charge on any atom is -0.339 e. The third-order valence-corrected chi connectivity index (χ3v) is 9.35. The van der Waals surface area contributed by atoms with Crippen molar-refractivity contribution in [3.63, 3.8) is 0 Å². The van der Waals surface area contributed by atoms with E-state index in [1.165, 1.54) is 16.4 Å². The second kappa shape index (κ2) is 8.67. The van der Waals surface area contributed by atoms with Crippen molar-refractivity contribution in [3.05, 3.63) is 71.6 Å². The number of nitrogens with zero attached hydrogens (tertiary/aromatic N) is 7. The first kappa shape index (κ1) is 22.6. The number of para-hydroxylation sites is 1. The van der Waals surface area contributed by atoms with Crippen molar-refractivity contribution < 1.29 is 8.42 Å². The first-order valence-corrected chi connectivity index (χ1v) is 13.7. The van der Waals surface area contributed by atoms with Crippen LogP contribution in [0.25, 0.3) is 27.3 Å². The molecule has 0 aliphatic carbocycles. The van der Waals surface area contributed by atoms with Crippen LogP contribution in [0.15, 0.2) is 70.9 Å². The highest BCUT2D eigenvalue weighted by Crippen LogP contribution is 2.32. The average Bonchev–Trinajstić information content (AvgIpc) is 3.58. The van der Waals surface area contributed by atoms with Gasteiger partial charge < -0.3 is 4.90 Å². The molecule has 5 aromatic rings. The fourth-order valence-electron chi connectivity index (χ4n) is 4.73. The highest BCUT2D eigenvalue weighted by molar-refractivity contribution is 7.89. The number of anilines is 1. The summed E-state index contributed by atoms with van der Waals surface area (Å²) in [6.07, 6.45) is 0. The van der Waals surface area contributed by atoms with Crippen LogP contribution in [0.2, 0.25) is 0 Å². The molecular formula is C25H21N7O2S2. The summed E-state index contributed by atoms with van der Waals surface area (Å²) in [5.41, 5.74) is 1.66. The zero-order chi connectivity index (χ0) is 24.9. The molecule has 0 bridgehead atoms. The van der Waals surface area contributed by atoms with Gasteiger partial charge in [0.2, 0.25) is 16.0 Å². The van der Waals surface area contributed by atoms with Gasteiger partial charge in [-0.2, -0.15) is 9.57 Å². The molecule has 0 saturated carbocycles. The fourth-order valence-corrected chi connectivity index (χ4v) is 7.19. The summed E-state index contributed by atoms with van der Waals surface area (Å²) < 4.78 is 30.4. The molecule has 0 spiro atoms. The summed E-state index contributed by atoms with van der Waals surface area (Å²) >= 11 is 1.58. The number of thiophene rings is 1.